The van der Waals surface area contributed by atoms with Crippen LogP contribution in [0.4, 0.5) is 0 Å². The molecule has 0 heterocycles. The molecule has 0 aliphatic rings. The molecule has 5 heteroatoms. The Morgan fingerprint density at radius 2 is 1.18 bits per heavy atom. The SMILES string of the molecule is CCCCC(C)c1ccc(S(=O)(=O)c2ccc(Oc3ccc(C(C)(C)c4ccc(O)cc4)cc3)cc2)cc1. The lowest BCUT2D eigenvalue weighted by atomic mass is 9.78. The van der Waals surface area contributed by atoms with Crippen molar-refractivity contribution in [3.05, 3.63) is 114 Å². The second-order valence-corrected chi connectivity index (χ2v) is 12.3. The first-order chi connectivity index (χ1) is 18.1. The largest absolute Gasteiger partial charge is 0.508 e. The average molecular weight is 529 g/mol. The van der Waals surface area contributed by atoms with Gasteiger partial charge in [0, 0.05) is 5.41 Å². The first kappa shape index (κ1) is 27.5. The predicted octanol–water partition coefficient (Wildman–Crippen LogP) is 8.64. The summed E-state index contributed by atoms with van der Waals surface area (Å²) in [6.07, 6.45) is 3.42. The van der Waals surface area contributed by atoms with Crippen molar-refractivity contribution >= 4 is 9.84 Å². The van der Waals surface area contributed by atoms with E-state index in [0.29, 0.717) is 22.3 Å². The summed E-state index contributed by atoms with van der Waals surface area (Å²) in [4.78, 5) is 0.534. The zero-order valence-corrected chi connectivity index (χ0v) is 23.3. The zero-order chi connectivity index (χ0) is 27.3. The highest BCUT2D eigenvalue weighted by atomic mass is 32.2. The Labute approximate surface area is 226 Å². The van der Waals surface area contributed by atoms with Gasteiger partial charge in [0.15, 0.2) is 0 Å². The van der Waals surface area contributed by atoms with Gasteiger partial charge < -0.3 is 9.84 Å². The van der Waals surface area contributed by atoms with Gasteiger partial charge in [-0.25, -0.2) is 8.42 Å². The lowest BCUT2D eigenvalue weighted by Gasteiger charge is -2.26. The molecular weight excluding hydrogens is 492 g/mol. The number of sulfone groups is 1. The van der Waals surface area contributed by atoms with E-state index in [0.717, 1.165) is 30.4 Å². The molecule has 0 saturated heterocycles. The van der Waals surface area contributed by atoms with Crippen molar-refractivity contribution in [1.29, 1.82) is 0 Å². The van der Waals surface area contributed by atoms with E-state index in [1.54, 1.807) is 48.5 Å². The normalized spacial score (nSPS) is 12.7. The van der Waals surface area contributed by atoms with E-state index in [2.05, 4.69) is 27.7 Å². The van der Waals surface area contributed by atoms with Crippen LogP contribution in [0.1, 0.15) is 69.6 Å². The van der Waals surface area contributed by atoms with Crippen molar-refractivity contribution in [1.82, 2.24) is 0 Å². The Balaban J connectivity index is 1.44. The van der Waals surface area contributed by atoms with Crippen LogP contribution < -0.4 is 4.74 Å². The second-order valence-electron chi connectivity index (χ2n) is 10.4. The monoisotopic (exact) mass is 528 g/mol. The fourth-order valence-electron chi connectivity index (χ4n) is 4.60. The molecule has 1 N–H and O–H groups in total. The number of phenolic OH excluding ortho intramolecular Hbond substituents is 1. The van der Waals surface area contributed by atoms with Crippen molar-refractivity contribution in [2.24, 2.45) is 0 Å². The summed E-state index contributed by atoms with van der Waals surface area (Å²) < 4.78 is 32.3. The molecule has 1 atom stereocenters. The maximum absolute atomic E-state index is 13.2. The fourth-order valence-corrected chi connectivity index (χ4v) is 5.86. The summed E-state index contributed by atoms with van der Waals surface area (Å²) in [5, 5.41) is 9.59. The molecule has 0 fully saturated rings. The number of phenols is 1. The molecule has 198 valence electrons. The molecule has 4 aromatic rings. The van der Waals surface area contributed by atoms with Crippen LogP contribution in [0.15, 0.2) is 107 Å². The van der Waals surface area contributed by atoms with Gasteiger partial charge in [0.2, 0.25) is 9.84 Å². The lowest BCUT2D eigenvalue weighted by molar-refractivity contribution is 0.474. The number of hydrogen-bond donors (Lipinski definition) is 1. The molecule has 0 bridgehead atoms. The summed E-state index contributed by atoms with van der Waals surface area (Å²) in [5.74, 6) is 1.89. The van der Waals surface area contributed by atoms with Gasteiger partial charge >= 0.3 is 0 Å². The standard InChI is InChI=1S/C33H36O4S/c1-5-6-7-24(2)25-8-20-31(21-9-25)38(35,36)32-22-18-30(19-23-32)37-29-16-12-27(13-17-29)33(3,4)26-10-14-28(34)15-11-26/h8-24,34H,5-7H2,1-4H3. The van der Waals surface area contributed by atoms with Crippen LogP contribution in [-0.2, 0) is 15.3 Å². The Hall–Kier alpha value is -3.57. The van der Waals surface area contributed by atoms with E-state index in [4.69, 9.17) is 4.74 Å². The summed E-state index contributed by atoms with van der Waals surface area (Å²) >= 11 is 0. The third-order valence-electron chi connectivity index (χ3n) is 7.28. The number of hydrogen-bond acceptors (Lipinski definition) is 4. The van der Waals surface area contributed by atoms with E-state index in [9.17, 15) is 13.5 Å². The highest BCUT2D eigenvalue weighted by molar-refractivity contribution is 7.91. The van der Waals surface area contributed by atoms with Crippen LogP contribution in [0.25, 0.3) is 0 Å². The number of aromatic hydroxyl groups is 1. The smallest absolute Gasteiger partial charge is 0.206 e. The van der Waals surface area contributed by atoms with E-state index < -0.39 is 9.84 Å². The van der Waals surface area contributed by atoms with Crippen molar-refractivity contribution in [2.75, 3.05) is 0 Å². The Morgan fingerprint density at radius 3 is 1.68 bits per heavy atom. The van der Waals surface area contributed by atoms with E-state index >= 15 is 0 Å². The first-order valence-electron chi connectivity index (χ1n) is 13.1. The molecule has 0 radical (unpaired) electrons. The third kappa shape index (κ3) is 6.11. The van der Waals surface area contributed by atoms with Crippen LogP contribution in [-0.4, -0.2) is 13.5 Å². The van der Waals surface area contributed by atoms with Crippen molar-refractivity contribution in [3.8, 4) is 17.2 Å². The number of ether oxygens (including phenoxy) is 1. The molecule has 0 saturated carbocycles. The van der Waals surface area contributed by atoms with Gasteiger partial charge in [-0.15, -0.1) is 0 Å². The molecule has 4 nitrogen and oxygen atoms in total. The summed E-state index contributed by atoms with van der Waals surface area (Å²) in [6.45, 7) is 8.63. The second kappa shape index (κ2) is 11.4. The van der Waals surface area contributed by atoms with Crippen molar-refractivity contribution in [3.63, 3.8) is 0 Å². The van der Waals surface area contributed by atoms with Crippen LogP contribution in [0.3, 0.4) is 0 Å². The van der Waals surface area contributed by atoms with Gasteiger partial charge in [0.05, 0.1) is 9.79 Å². The van der Waals surface area contributed by atoms with Crippen molar-refractivity contribution in [2.45, 2.75) is 68.1 Å². The zero-order valence-electron chi connectivity index (χ0n) is 22.5. The topological polar surface area (TPSA) is 63.6 Å². The van der Waals surface area contributed by atoms with Crippen LogP contribution >= 0.6 is 0 Å². The molecule has 0 spiro atoms. The predicted molar refractivity (Wildman–Crippen MR) is 153 cm³/mol. The molecule has 38 heavy (non-hydrogen) atoms. The van der Waals surface area contributed by atoms with E-state index in [-0.39, 0.29) is 16.1 Å². The molecule has 0 aliphatic heterocycles. The number of unbranched alkanes of at least 4 members (excludes halogenated alkanes) is 1. The van der Waals surface area contributed by atoms with Crippen molar-refractivity contribution < 1.29 is 18.3 Å². The lowest BCUT2D eigenvalue weighted by Crippen LogP contribution is -2.18. The average Bonchev–Trinajstić information content (AvgIpc) is 2.92. The van der Waals surface area contributed by atoms with Gasteiger partial charge in [0.1, 0.15) is 17.2 Å². The first-order valence-corrected chi connectivity index (χ1v) is 14.6. The Morgan fingerprint density at radius 1 is 0.737 bits per heavy atom. The highest BCUT2D eigenvalue weighted by Crippen LogP contribution is 2.34. The molecule has 4 rings (SSSR count). The fraction of sp³-hybridized carbons (Fsp3) is 0.273. The van der Waals surface area contributed by atoms with Gasteiger partial charge in [-0.05, 0) is 89.7 Å². The van der Waals surface area contributed by atoms with Gasteiger partial charge in [0.25, 0.3) is 0 Å². The minimum atomic E-state index is -3.61. The van der Waals surface area contributed by atoms with Gasteiger partial charge in [-0.2, -0.15) is 0 Å². The quantitative estimate of drug-likeness (QED) is 0.224. The molecule has 1 unspecified atom stereocenters. The molecule has 0 aromatic heterocycles. The Bertz CT molecular complexity index is 1440. The number of benzene rings is 4. The van der Waals surface area contributed by atoms with E-state index in [1.807, 2.05) is 48.5 Å². The maximum atomic E-state index is 13.2. The van der Waals surface area contributed by atoms with Crippen LogP contribution in [0.5, 0.6) is 17.2 Å². The van der Waals surface area contributed by atoms with Gasteiger partial charge in [-0.3, -0.25) is 0 Å². The molecular formula is C33H36O4S. The summed E-state index contributed by atoms with van der Waals surface area (Å²) in [6, 6.07) is 28.9. The minimum absolute atomic E-state index is 0.239. The minimum Gasteiger partial charge on any atom is -0.508 e. The van der Waals surface area contributed by atoms with Crippen LogP contribution in [0, 0.1) is 0 Å². The summed E-state index contributed by atoms with van der Waals surface area (Å²) in [7, 11) is -3.61. The Kier molecular flexibility index (Phi) is 8.27. The van der Waals surface area contributed by atoms with E-state index in [1.165, 1.54) is 5.56 Å². The maximum Gasteiger partial charge on any atom is 0.206 e. The third-order valence-corrected chi connectivity index (χ3v) is 9.07. The molecule has 4 aromatic carbocycles. The highest BCUT2D eigenvalue weighted by Gasteiger charge is 2.23. The summed E-state index contributed by atoms with van der Waals surface area (Å²) in [5.41, 5.74) is 3.14. The number of rotatable bonds is 10. The molecule has 0 aliphatic carbocycles. The van der Waals surface area contributed by atoms with Gasteiger partial charge in [-0.1, -0.05) is 76.9 Å². The van der Waals surface area contributed by atoms with Crippen LogP contribution in [0.2, 0.25) is 0 Å². The molecule has 0 amide bonds.